The maximum Gasteiger partial charge on any atom is 0.161 e. The van der Waals surface area contributed by atoms with E-state index in [9.17, 15) is 0 Å². The van der Waals surface area contributed by atoms with Gasteiger partial charge in [0.25, 0.3) is 0 Å². The summed E-state index contributed by atoms with van der Waals surface area (Å²) in [4.78, 5) is 0. The van der Waals surface area contributed by atoms with E-state index in [0.29, 0.717) is 11.7 Å². The van der Waals surface area contributed by atoms with E-state index >= 15 is 0 Å². The molecule has 21 heavy (non-hydrogen) atoms. The second-order valence-corrected chi connectivity index (χ2v) is 5.74. The van der Waals surface area contributed by atoms with Crippen LogP contribution in [0.1, 0.15) is 43.7 Å². The fourth-order valence-corrected chi connectivity index (χ4v) is 3.34. The molecule has 1 fully saturated rings. The van der Waals surface area contributed by atoms with Crippen LogP contribution in [-0.2, 0) is 4.74 Å². The molecule has 1 aliphatic carbocycles. The lowest BCUT2D eigenvalue weighted by Crippen LogP contribution is -2.35. The smallest absolute Gasteiger partial charge is 0.161 e. The molecule has 4 nitrogen and oxygen atoms in total. The molecule has 0 saturated heterocycles. The maximum atomic E-state index is 6.47. The van der Waals surface area contributed by atoms with Crippen molar-refractivity contribution in [3.8, 4) is 11.5 Å². The van der Waals surface area contributed by atoms with Gasteiger partial charge in [-0.2, -0.15) is 0 Å². The minimum absolute atomic E-state index is 0.0587. The Hall–Kier alpha value is -1.26. The topological polar surface area (TPSA) is 53.7 Å². The first kappa shape index (κ1) is 16.1. The Morgan fingerprint density at radius 3 is 2.24 bits per heavy atom. The first-order valence-corrected chi connectivity index (χ1v) is 7.71. The zero-order valence-electron chi connectivity index (χ0n) is 13.3. The molecule has 1 aromatic carbocycles. The number of hydrogen-bond acceptors (Lipinski definition) is 4. The standard InChI is InChI=1S/C17H27NO3/c1-19-14-10-9-13(11-15(14)20-2)16(18)17(21-3)12-7-5-4-6-8-12/h9-12,16-17H,4-8,18H2,1-3H3. The molecule has 118 valence electrons. The zero-order chi connectivity index (χ0) is 15.2. The lowest BCUT2D eigenvalue weighted by Gasteiger charge is -2.33. The summed E-state index contributed by atoms with van der Waals surface area (Å²) in [6.45, 7) is 0. The molecule has 2 atom stereocenters. The van der Waals surface area contributed by atoms with Crippen LogP contribution < -0.4 is 15.2 Å². The molecule has 0 radical (unpaired) electrons. The average molecular weight is 293 g/mol. The van der Waals surface area contributed by atoms with Crippen molar-refractivity contribution >= 4 is 0 Å². The fourth-order valence-electron chi connectivity index (χ4n) is 3.34. The number of nitrogens with two attached hydrogens (primary N) is 1. The third-order valence-corrected chi connectivity index (χ3v) is 4.53. The molecule has 0 amide bonds. The van der Waals surface area contributed by atoms with Crippen molar-refractivity contribution in [1.82, 2.24) is 0 Å². The SMILES string of the molecule is COc1ccc(C(N)C(OC)C2CCCCC2)cc1OC. The number of hydrogen-bond donors (Lipinski definition) is 1. The Morgan fingerprint density at radius 2 is 1.67 bits per heavy atom. The van der Waals surface area contributed by atoms with Crippen LogP contribution in [0.4, 0.5) is 0 Å². The van der Waals surface area contributed by atoms with Gasteiger partial charge in [0.2, 0.25) is 0 Å². The van der Waals surface area contributed by atoms with Gasteiger partial charge in [-0.3, -0.25) is 0 Å². The van der Waals surface area contributed by atoms with Gasteiger partial charge < -0.3 is 19.9 Å². The van der Waals surface area contributed by atoms with Crippen LogP contribution in [0.25, 0.3) is 0 Å². The van der Waals surface area contributed by atoms with Gasteiger partial charge in [-0.05, 0) is 36.5 Å². The highest BCUT2D eigenvalue weighted by Crippen LogP contribution is 2.35. The number of rotatable bonds is 6. The van der Waals surface area contributed by atoms with Gasteiger partial charge in [-0.15, -0.1) is 0 Å². The molecule has 1 saturated carbocycles. The minimum atomic E-state index is -0.141. The molecule has 0 heterocycles. The van der Waals surface area contributed by atoms with E-state index < -0.39 is 0 Å². The van der Waals surface area contributed by atoms with Crippen LogP contribution in [0, 0.1) is 5.92 Å². The lowest BCUT2D eigenvalue weighted by molar-refractivity contribution is 0.0172. The normalized spacial score (nSPS) is 19.0. The summed E-state index contributed by atoms with van der Waals surface area (Å²) in [7, 11) is 5.04. The van der Waals surface area contributed by atoms with Crippen LogP contribution in [0.3, 0.4) is 0 Å². The number of methoxy groups -OCH3 is 3. The highest BCUT2D eigenvalue weighted by Gasteiger charge is 2.29. The summed E-state index contributed by atoms with van der Waals surface area (Å²) >= 11 is 0. The van der Waals surface area contributed by atoms with Crippen molar-refractivity contribution in [2.75, 3.05) is 21.3 Å². The summed E-state index contributed by atoms with van der Waals surface area (Å²) in [5.41, 5.74) is 7.51. The monoisotopic (exact) mass is 293 g/mol. The van der Waals surface area contributed by atoms with Crippen molar-refractivity contribution < 1.29 is 14.2 Å². The molecule has 2 unspecified atom stereocenters. The summed E-state index contributed by atoms with van der Waals surface area (Å²) in [6, 6.07) is 5.72. The summed E-state index contributed by atoms with van der Waals surface area (Å²) in [6.07, 6.45) is 6.37. The zero-order valence-corrected chi connectivity index (χ0v) is 13.3. The Bertz CT molecular complexity index is 444. The highest BCUT2D eigenvalue weighted by molar-refractivity contribution is 5.44. The van der Waals surface area contributed by atoms with Crippen molar-refractivity contribution in [2.24, 2.45) is 11.7 Å². The molecular weight excluding hydrogens is 266 g/mol. The van der Waals surface area contributed by atoms with Gasteiger partial charge in [0, 0.05) is 7.11 Å². The largest absolute Gasteiger partial charge is 0.493 e. The predicted octanol–water partition coefficient (Wildman–Crippen LogP) is 3.30. The average Bonchev–Trinajstić information content (AvgIpc) is 2.55. The van der Waals surface area contributed by atoms with Gasteiger partial charge in [0.05, 0.1) is 26.4 Å². The van der Waals surface area contributed by atoms with E-state index in [1.54, 1.807) is 21.3 Å². The fraction of sp³-hybridized carbons (Fsp3) is 0.647. The molecule has 2 rings (SSSR count). The molecule has 2 N–H and O–H groups in total. The Morgan fingerprint density at radius 1 is 1.00 bits per heavy atom. The predicted molar refractivity (Wildman–Crippen MR) is 83.8 cm³/mol. The molecule has 0 aliphatic heterocycles. The van der Waals surface area contributed by atoms with Crippen molar-refractivity contribution in [1.29, 1.82) is 0 Å². The first-order chi connectivity index (χ1) is 10.2. The Labute approximate surface area is 127 Å². The molecule has 0 spiro atoms. The van der Waals surface area contributed by atoms with E-state index in [2.05, 4.69) is 0 Å². The van der Waals surface area contributed by atoms with Gasteiger partial charge >= 0.3 is 0 Å². The highest BCUT2D eigenvalue weighted by atomic mass is 16.5. The summed E-state index contributed by atoms with van der Waals surface area (Å²) in [5.74, 6) is 1.98. The first-order valence-electron chi connectivity index (χ1n) is 7.71. The van der Waals surface area contributed by atoms with Crippen LogP contribution in [0.5, 0.6) is 11.5 Å². The van der Waals surface area contributed by atoms with Crippen LogP contribution >= 0.6 is 0 Å². The van der Waals surface area contributed by atoms with Gasteiger partial charge in [0.1, 0.15) is 0 Å². The third kappa shape index (κ3) is 3.69. The molecule has 1 aromatic rings. The number of benzene rings is 1. The van der Waals surface area contributed by atoms with Crippen molar-refractivity contribution in [3.05, 3.63) is 23.8 Å². The van der Waals surface area contributed by atoms with Crippen molar-refractivity contribution in [3.63, 3.8) is 0 Å². The molecule has 0 aromatic heterocycles. The molecular formula is C17H27NO3. The second-order valence-electron chi connectivity index (χ2n) is 5.74. The van der Waals surface area contributed by atoms with Crippen LogP contribution in [0.2, 0.25) is 0 Å². The van der Waals surface area contributed by atoms with Crippen LogP contribution in [-0.4, -0.2) is 27.4 Å². The van der Waals surface area contributed by atoms with Gasteiger partial charge in [-0.1, -0.05) is 25.3 Å². The van der Waals surface area contributed by atoms with E-state index in [4.69, 9.17) is 19.9 Å². The minimum Gasteiger partial charge on any atom is -0.493 e. The summed E-state index contributed by atoms with van der Waals surface area (Å²) < 4.78 is 16.4. The van der Waals surface area contributed by atoms with E-state index in [1.165, 1.54) is 32.1 Å². The third-order valence-electron chi connectivity index (χ3n) is 4.53. The lowest BCUT2D eigenvalue weighted by atomic mass is 9.81. The van der Waals surface area contributed by atoms with E-state index in [0.717, 1.165) is 11.3 Å². The summed E-state index contributed by atoms with van der Waals surface area (Å²) in [5, 5.41) is 0. The van der Waals surface area contributed by atoms with Crippen molar-refractivity contribution in [2.45, 2.75) is 44.2 Å². The van der Waals surface area contributed by atoms with E-state index in [-0.39, 0.29) is 12.1 Å². The maximum absolute atomic E-state index is 6.47. The Balaban J connectivity index is 2.18. The Kier molecular flexibility index (Phi) is 5.88. The van der Waals surface area contributed by atoms with Crippen LogP contribution in [0.15, 0.2) is 18.2 Å². The van der Waals surface area contributed by atoms with Gasteiger partial charge in [0.15, 0.2) is 11.5 Å². The number of ether oxygens (including phenoxy) is 3. The van der Waals surface area contributed by atoms with Gasteiger partial charge in [-0.25, -0.2) is 0 Å². The molecule has 0 bridgehead atoms. The molecule has 4 heteroatoms. The quantitative estimate of drug-likeness (QED) is 0.874. The van der Waals surface area contributed by atoms with E-state index in [1.807, 2.05) is 18.2 Å². The molecule has 1 aliphatic rings. The second kappa shape index (κ2) is 7.66.